The highest BCUT2D eigenvalue weighted by Crippen LogP contribution is 2.28. The van der Waals surface area contributed by atoms with Crippen LogP contribution in [-0.2, 0) is 6.42 Å². The number of nitrogens with one attached hydrogen (secondary N) is 1. The van der Waals surface area contributed by atoms with Gasteiger partial charge in [0, 0.05) is 0 Å². The number of aliphatic hydroxyl groups is 1. The second-order valence-electron chi connectivity index (χ2n) is 5.08. The molecule has 0 aliphatic carbocycles. The molecule has 0 bridgehead atoms. The minimum absolute atomic E-state index is 0.287. The third-order valence-electron chi connectivity index (χ3n) is 3.65. The van der Waals surface area contributed by atoms with Gasteiger partial charge in [0.2, 0.25) is 0 Å². The molecule has 3 nitrogen and oxygen atoms in total. The molecule has 0 unspecified atom stereocenters. The summed E-state index contributed by atoms with van der Waals surface area (Å²) in [5.41, 5.74) is -0.521. The molecule has 1 saturated heterocycles. The fraction of sp³-hybridized carbons (Fsp3) is 0.571. The minimum atomic E-state index is -3.05. The second kappa shape index (κ2) is 6.45. The molecule has 6 heteroatoms. The van der Waals surface area contributed by atoms with Gasteiger partial charge in [-0.05, 0) is 50.4 Å². The number of alkyl halides is 2. The Labute approximate surface area is 115 Å². The third-order valence-corrected chi connectivity index (χ3v) is 3.65. The fourth-order valence-electron chi connectivity index (χ4n) is 2.45. The van der Waals surface area contributed by atoms with E-state index < -0.39 is 23.8 Å². The predicted molar refractivity (Wildman–Crippen MR) is 68.4 cm³/mol. The maximum Gasteiger partial charge on any atom is 0.387 e. The molecular weight excluding hydrogens is 271 g/mol. The summed E-state index contributed by atoms with van der Waals surface area (Å²) in [6.07, 6.45) is 1.93. The van der Waals surface area contributed by atoms with Crippen LogP contribution < -0.4 is 10.1 Å². The zero-order chi connectivity index (χ0) is 14.6. The van der Waals surface area contributed by atoms with Crippen molar-refractivity contribution in [3.63, 3.8) is 0 Å². The summed E-state index contributed by atoms with van der Waals surface area (Å²) >= 11 is 0. The van der Waals surface area contributed by atoms with Gasteiger partial charge in [0.1, 0.15) is 0 Å². The second-order valence-corrected chi connectivity index (χ2v) is 5.08. The highest BCUT2D eigenvalue weighted by Gasteiger charge is 2.29. The van der Waals surface area contributed by atoms with Gasteiger partial charge in [-0.3, -0.25) is 0 Å². The molecule has 1 aliphatic heterocycles. The largest absolute Gasteiger partial charge is 0.432 e. The highest BCUT2D eigenvalue weighted by molar-refractivity contribution is 5.31. The SMILES string of the molecule is OC1(CCc2cccc(OC(F)F)c2F)CCNCC1. The lowest BCUT2D eigenvalue weighted by Gasteiger charge is -2.32. The minimum Gasteiger partial charge on any atom is -0.432 e. The van der Waals surface area contributed by atoms with Gasteiger partial charge in [0.05, 0.1) is 5.60 Å². The molecule has 0 atom stereocenters. The predicted octanol–water partition coefficient (Wildman–Crippen LogP) is 2.47. The van der Waals surface area contributed by atoms with Gasteiger partial charge in [0.15, 0.2) is 11.6 Å². The van der Waals surface area contributed by atoms with Crippen LogP contribution in [0.2, 0.25) is 0 Å². The summed E-state index contributed by atoms with van der Waals surface area (Å²) in [6, 6.07) is 4.17. The van der Waals surface area contributed by atoms with Crippen LogP contribution in [0.25, 0.3) is 0 Å². The Morgan fingerprint density at radius 1 is 1.30 bits per heavy atom. The van der Waals surface area contributed by atoms with Crippen LogP contribution >= 0.6 is 0 Å². The molecule has 20 heavy (non-hydrogen) atoms. The summed E-state index contributed by atoms with van der Waals surface area (Å²) in [7, 11) is 0. The Morgan fingerprint density at radius 2 is 2.00 bits per heavy atom. The normalized spacial score (nSPS) is 18.2. The van der Waals surface area contributed by atoms with Crippen LogP contribution in [0.3, 0.4) is 0 Å². The molecular formula is C14H18F3NO2. The number of aryl methyl sites for hydroxylation is 1. The summed E-state index contributed by atoms with van der Waals surface area (Å²) in [4.78, 5) is 0. The Kier molecular flexibility index (Phi) is 4.88. The van der Waals surface area contributed by atoms with Gasteiger partial charge in [-0.25, -0.2) is 4.39 Å². The van der Waals surface area contributed by atoms with E-state index in [4.69, 9.17) is 0 Å². The monoisotopic (exact) mass is 289 g/mol. The first-order chi connectivity index (χ1) is 9.50. The number of hydrogen-bond donors (Lipinski definition) is 2. The Hall–Kier alpha value is -1.27. The number of hydrogen-bond acceptors (Lipinski definition) is 3. The van der Waals surface area contributed by atoms with E-state index in [1.165, 1.54) is 18.2 Å². The quantitative estimate of drug-likeness (QED) is 0.875. The van der Waals surface area contributed by atoms with Crippen molar-refractivity contribution < 1.29 is 23.0 Å². The molecule has 1 aromatic rings. The molecule has 1 aliphatic rings. The van der Waals surface area contributed by atoms with Gasteiger partial charge in [-0.2, -0.15) is 8.78 Å². The Balaban J connectivity index is 2.02. The maximum atomic E-state index is 14.0. The van der Waals surface area contributed by atoms with Gasteiger partial charge < -0.3 is 15.2 Å². The Morgan fingerprint density at radius 3 is 2.65 bits per heavy atom. The van der Waals surface area contributed by atoms with E-state index in [1.807, 2.05) is 0 Å². The van der Waals surface area contributed by atoms with E-state index in [-0.39, 0.29) is 5.56 Å². The van der Waals surface area contributed by atoms with Crippen LogP contribution in [0, 0.1) is 5.82 Å². The summed E-state index contributed by atoms with van der Waals surface area (Å²) in [6.45, 7) is -1.59. The van der Waals surface area contributed by atoms with E-state index in [1.54, 1.807) is 0 Å². The van der Waals surface area contributed by atoms with Crippen molar-refractivity contribution in [3.05, 3.63) is 29.6 Å². The highest BCUT2D eigenvalue weighted by atomic mass is 19.3. The van der Waals surface area contributed by atoms with E-state index in [2.05, 4.69) is 10.1 Å². The van der Waals surface area contributed by atoms with Crippen molar-refractivity contribution in [1.29, 1.82) is 0 Å². The molecule has 0 spiro atoms. The summed E-state index contributed by atoms with van der Waals surface area (Å²) in [5.74, 6) is -1.22. The molecule has 2 rings (SSSR count). The number of piperidine rings is 1. The Bertz CT molecular complexity index is 448. The van der Waals surface area contributed by atoms with Crippen molar-refractivity contribution in [1.82, 2.24) is 5.32 Å². The molecule has 1 heterocycles. The number of rotatable bonds is 5. The molecule has 0 radical (unpaired) electrons. The van der Waals surface area contributed by atoms with E-state index in [0.29, 0.717) is 25.7 Å². The lowest BCUT2D eigenvalue weighted by atomic mass is 9.86. The van der Waals surface area contributed by atoms with Gasteiger partial charge in [-0.15, -0.1) is 0 Å². The van der Waals surface area contributed by atoms with Crippen molar-refractivity contribution in [2.24, 2.45) is 0 Å². The number of ether oxygens (including phenoxy) is 1. The average Bonchev–Trinajstić information content (AvgIpc) is 2.40. The molecule has 0 aromatic heterocycles. The van der Waals surface area contributed by atoms with Crippen LogP contribution in [0.4, 0.5) is 13.2 Å². The van der Waals surface area contributed by atoms with E-state index in [9.17, 15) is 18.3 Å². The molecule has 0 amide bonds. The smallest absolute Gasteiger partial charge is 0.387 e. The molecule has 2 N–H and O–H groups in total. The average molecular weight is 289 g/mol. The topological polar surface area (TPSA) is 41.5 Å². The van der Waals surface area contributed by atoms with Crippen molar-refractivity contribution >= 4 is 0 Å². The number of benzene rings is 1. The summed E-state index contributed by atoms with van der Waals surface area (Å²) < 4.78 is 42.3. The maximum absolute atomic E-state index is 14.0. The van der Waals surface area contributed by atoms with Crippen molar-refractivity contribution in [2.75, 3.05) is 13.1 Å². The lowest BCUT2D eigenvalue weighted by Crippen LogP contribution is -2.42. The summed E-state index contributed by atoms with van der Waals surface area (Å²) in [5, 5.41) is 13.5. The van der Waals surface area contributed by atoms with Crippen LogP contribution in [0.1, 0.15) is 24.8 Å². The van der Waals surface area contributed by atoms with Gasteiger partial charge in [-0.1, -0.05) is 12.1 Å². The molecule has 0 saturated carbocycles. The molecule has 112 valence electrons. The molecule has 1 fully saturated rings. The van der Waals surface area contributed by atoms with Crippen LogP contribution in [0.15, 0.2) is 18.2 Å². The third kappa shape index (κ3) is 3.86. The van der Waals surface area contributed by atoms with E-state index in [0.717, 1.165) is 13.1 Å². The molecule has 1 aromatic carbocycles. The van der Waals surface area contributed by atoms with Crippen molar-refractivity contribution in [3.8, 4) is 5.75 Å². The van der Waals surface area contributed by atoms with Gasteiger partial charge >= 0.3 is 6.61 Å². The first kappa shape index (κ1) is 15.1. The standard InChI is InChI=1S/C14H18F3NO2/c15-12-10(2-1-3-11(12)20-13(16)17)4-5-14(19)6-8-18-9-7-14/h1-3,13,18-19H,4-9H2. The van der Waals surface area contributed by atoms with Gasteiger partial charge in [0.25, 0.3) is 0 Å². The van der Waals surface area contributed by atoms with Crippen LogP contribution in [-0.4, -0.2) is 30.4 Å². The van der Waals surface area contributed by atoms with Crippen LogP contribution in [0.5, 0.6) is 5.75 Å². The first-order valence-corrected chi connectivity index (χ1v) is 6.65. The van der Waals surface area contributed by atoms with Crippen molar-refractivity contribution in [2.45, 2.75) is 37.9 Å². The fourth-order valence-corrected chi connectivity index (χ4v) is 2.45. The zero-order valence-corrected chi connectivity index (χ0v) is 11.0. The number of halogens is 3. The first-order valence-electron chi connectivity index (χ1n) is 6.65. The zero-order valence-electron chi connectivity index (χ0n) is 11.0. The lowest BCUT2D eigenvalue weighted by molar-refractivity contribution is -0.0523. The van der Waals surface area contributed by atoms with E-state index >= 15 is 0 Å².